The molecule has 2 aromatic carbocycles. The molecular weight excluding hydrogens is 530 g/mol. The van der Waals surface area contributed by atoms with Gasteiger partial charge in [-0.3, -0.25) is 24.0 Å². The molecule has 1 aliphatic carbocycles. The molecule has 1 aromatic heterocycles. The van der Waals surface area contributed by atoms with E-state index < -0.39 is 59.4 Å². The number of nitrogens with two attached hydrogens (primary N) is 1. The van der Waals surface area contributed by atoms with Crippen molar-refractivity contribution in [2.24, 2.45) is 17.6 Å². The Kier molecular flexibility index (Phi) is 9.33. The Labute approximate surface area is 234 Å². The van der Waals surface area contributed by atoms with Crippen LogP contribution in [0.4, 0.5) is 0 Å². The zero-order valence-corrected chi connectivity index (χ0v) is 22.4. The van der Waals surface area contributed by atoms with E-state index >= 15 is 0 Å². The lowest BCUT2D eigenvalue weighted by atomic mass is 9.82. The number of para-hydroxylation sites is 1. The second-order valence-corrected chi connectivity index (χ2v) is 10.4. The summed E-state index contributed by atoms with van der Waals surface area (Å²) in [6, 6.07) is 12.5. The molecule has 0 unspecified atom stereocenters. The normalized spacial score (nSPS) is 18.2. The third-order valence-corrected chi connectivity index (χ3v) is 7.52. The number of carbonyl (C=O) groups is 4. The first-order valence-electron chi connectivity index (χ1n) is 13.5. The van der Waals surface area contributed by atoms with Crippen LogP contribution in [0.2, 0.25) is 0 Å². The van der Waals surface area contributed by atoms with Crippen molar-refractivity contribution in [3.05, 3.63) is 81.0 Å². The van der Waals surface area contributed by atoms with Crippen molar-refractivity contribution in [2.75, 3.05) is 6.54 Å². The van der Waals surface area contributed by atoms with E-state index in [1.54, 1.807) is 48.5 Å². The number of benzene rings is 2. The first-order valence-corrected chi connectivity index (χ1v) is 13.5. The summed E-state index contributed by atoms with van der Waals surface area (Å²) in [7, 11) is 0. The average molecular weight is 564 g/mol. The van der Waals surface area contributed by atoms with Gasteiger partial charge in [0.25, 0.3) is 5.56 Å². The number of carboxylic acids is 1. The van der Waals surface area contributed by atoms with Crippen LogP contribution in [0.1, 0.15) is 43.7 Å². The minimum absolute atomic E-state index is 0.0360. The van der Waals surface area contributed by atoms with Crippen molar-refractivity contribution in [3.8, 4) is 0 Å². The Morgan fingerprint density at radius 1 is 0.951 bits per heavy atom. The van der Waals surface area contributed by atoms with E-state index in [9.17, 15) is 33.9 Å². The molecule has 1 aliphatic rings. The van der Waals surface area contributed by atoms with Crippen molar-refractivity contribution in [2.45, 2.75) is 50.6 Å². The number of aliphatic carboxylic acids is 1. The van der Waals surface area contributed by atoms with E-state index in [4.69, 9.17) is 5.73 Å². The number of aromatic amines is 1. The molecule has 12 heteroatoms. The minimum atomic E-state index is -1.34. The molecule has 0 spiro atoms. The molecule has 1 saturated carbocycles. The zero-order chi connectivity index (χ0) is 29.5. The molecule has 4 rings (SSSR count). The van der Waals surface area contributed by atoms with Gasteiger partial charge in [0.2, 0.25) is 17.7 Å². The minimum Gasteiger partial charge on any atom is -0.481 e. The maximum atomic E-state index is 13.7. The second-order valence-electron chi connectivity index (χ2n) is 10.4. The van der Waals surface area contributed by atoms with Crippen LogP contribution in [0.25, 0.3) is 10.9 Å². The summed E-state index contributed by atoms with van der Waals surface area (Å²) in [5.41, 5.74) is 4.89. The predicted molar refractivity (Wildman–Crippen MR) is 150 cm³/mol. The lowest BCUT2D eigenvalue weighted by molar-refractivity contribution is -0.143. The van der Waals surface area contributed by atoms with Crippen LogP contribution in [0.3, 0.4) is 0 Å². The highest BCUT2D eigenvalue weighted by atomic mass is 16.4. The van der Waals surface area contributed by atoms with Crippen LogP contribution in [0.5, 0.6) is 0 Å². The summed E-state index contributed by atoms with van der Waals surface area (Å²) in [5, 5.41) is 14.7. The van der Waals surface area contributed by atoms with Gasteiger partial charge in [0, 0.05) is 13.0 Å². The molecule has 12 nitrogen and oxygen atoms in total. The SMILES string of the molecule is NC(=O)C[C@H](NC(=O)[C@H](Cc1ccccc1)n1c(=O)[nH]c2ccccc2c1=O)C(=O)NCC1CCC(C(=O)O)CC1. The number of primary amides is 1. The van der Waals surface area contributed by atoms with Crippen LogP contribution >= 0.6 is 0 Å². The van der Waals surface area contributed by atoms with E-state index in [2.05, 4.69) is 15.6 Å². The van der Waals surface area contributed by atoms with Gasteiger partial charge in [-0.2, -0.15) is 0 Å². The largest absolute Gasteiger partial charge is 0.481 e. The Balaban J connectivity index is 1.57. The van der Waals surface area contributed by atoms with Gasteiger partial charge in [0.15, 0.2) is 0 Å². The van der Waals surface area contributed by atoms with Crippen molar-refractivity contribution < 1.29 is 24.3 Å². The summed E-state index contributed by atoms with van der Waals surface area (Å²) in [5.74, 6) is -3.44. The van der Waals surface area contributed by atoms with E-state index in [1.165, 1.54) is 6.07 Å². The van der Waals surface area contributed by atoms with Crippen LogP contribution in [0, 0.1) is 11.8 Å². The van der Waals surface area contributed by atoms with E-state index in [-0.39, 0.29) is 24.3 Å². The van der Waals surface area contributed by atoms with Gasteiger partial charge < -0.3 is 26.5 Å². The molecule has 0 saturated heterocycles. The van der Waals surface area contributed by atoms with Crippen LogP contribution < -0.4 is 27.6 Å². The number of H-pyrrole nitrogens is 1. The summed E-state index contributed by atoms with van der Waals surface area (Å²) >= 11 is 0. The quantitative estimate of drug-likeness (QED) is 0.228. The molecule has 1 heterocycles. The number of amides is 3. The number of hydrogen-bond donors (Lipinski definition) is 5. The molecule has 0 radical (unpaired) electrons. The Bertz CT molecular complexity index is 1540. The highest BCUT2D eigenvalue weighted by Crippen LogP contribution is 2.28. The smallest absolute Gasteiger partial charge is 0.329 e. The maximum Gasteiger partial charge on any atom is 0.329 e. The Morgan fingerprint density at radius 2 is 1.61 bits per heavy atom. The van der Waals surface area contributed by atoms with Crippen molar-refractivity contribution in [1.29, 1.82) is 0 Å². The summed E-state index contributed by atoms with van der Waals surface area (Å²) in [6.45, 7) is 0.244. The number of fused-ring (bicyclic) bond motifs is 1. The third kappa shape index (κ3) is 7.27. The molecule has 3 aromatic rings. The van der Waals surface area contributed by atoms with Gasteiger partial charge in [-0.15, -0.1) is 0 Å². The maximum absolute atomic E-state index is 13.7. The number of nitrogens with one attached hydrogen (secondary N) is 3. The molecule has 3 amide bonds. The summed E-state index contributed by atoms with van der Waals surface area (Å²) < 4.78 is 0.824. The molecule has 6 N–H and O–H groups in total. The highest BCUT2D eigenvalue weighted by Gasteiger charge is 2.31. The first kappa shape index (κ1) is 29.2. The first-order chi connectivity index (χ1) is 19.6. The van der Waals surface area contributed by atoms with E-state index in [0.29, 0.717) is 36.8 Å². The molecule has 0 aliphatic heterocycles. The number of carbonyl (C=O) groups excluding carboxylic acids is 3. The zero-order valence-electron chi connectivity index (χ0n) is 22.4. The van der Waals surface area contributed by atoms with Gasteiger partial charge in [0.05, 0.1) is 23.2 Å². The van der Waals surface area contributed by atoms with Crippen LogP contribution in [-0.2, 0) is 25.6 Å². The van der Waals surface area contributed by atoms with Gasteiger partial charge in [-0.25, -0.2) is 9.36 Å². The molecule has 0 bridgehead atoms. The summed E-state index contributed by atoms with van der Waals surface area (Å²) in [4.78, 5) is 78.9. The topological polar surface area (TPSA) is 193 Å². The molecule has 2 atom stereocenters. The summed E-state index contributed by atoms with van der Waals surface area (Å²) in [6.07, 6.45) is 1.73. The van der Waals surface area contributed by atoms with E-state index in [1.807, 2.05) is 0 Å². The fourth-order valence-electron chi connectivity index (χ4n) is 5.26. The number of aromatic nitrogens is 2. The Morgan fingerprint density at radius 3 is 2.27 bits per heavy atom. The molecule has 41 heavy (non-hydrogen) atoms. The predicted octanol–water partition coefficient (Wildman–Crippen LogP) is 0.841. The van der Waals surface area contributed by atoms with Gasteiger partial charge in [-0.05, 0) is 49.3 Å². The van der Waals surface area contributed by atoms with Gasteiger partial charge >= 0.3 is 11.7 Å². The van der Waals surface area contributed by atoms with Gasteiger partial charge in [-0.1, -0.05) is 42.5 Å². The van der Waals surface area contributed by atoms with Crippen LogP contribution in [-0.4, -0.2) is 50.9 Å². The highest BCUT2D eigenvalue weighted by molar-refractivity contribution is 5.92. The number of nitrogens with zero attached hydrogens (tertiary/aromatic N) is 1. The second kappa shape index (κ2) is 13.1. The average Bonchev–Trinajstić information content (AvgIpc) is 2.95. The standard InChI is InChI=1S/C29H33N5O7/c30-24(35)15-22(25(36)31-16-18-10-12-19(13-11-18)28(39)40)32-26(37)23(14-17-6-2-1-3-7-17)34-27(38)20-8-4-5-9-21(20)33-29(34)41/h1-9,18-19,22-23H,10-16H2,(H2,30,35)(H,31,36)(H,32,37)(H,33,41)(H,39,40)/t18?,19?,22-,23-/m0/s1. The molecule has 1 fully saturated rings. The molecule has 216 valence electrons. The monoisotopic (exact) mass is 563 g/mol. The van der Waals surface area contributed by atoms with E-state index in [0.717, 1.165) is 4.57 Å². The van der Waals surface area contributed by atoms with Crippen molar-refractivity contribution >= 4 is 34.6 Å². The lowest BCUT2D eigenvalue weighted by Crippen LogP contribution is -2.53. The lowest BCUT2D eigenvalue weighted by Gasteiger charge is -2.27. The van der Waals surface area contributed by atoms with Crippen molar-refractivity contribution in [3.63, 3.8) is 0 Å². The number of hydrogen-bond acceptors (Lipinski definition) is 6. The van der Waals surface area contributed by atoms with Gasteiger partial charge in [0.1, 0.15) is 12.1 Å². The van der Waals surface area contributed by atoms with Crippen LogP contribution in [0.15, 0.2) is 64.2 Å². The number of rotatable bonds is 11. The number of carboxylic acid groups (broad SMARTS) is 1. The van der Waals surface area contributed by atoms with Crippen molar-refractivity contribution in [1.82, 2.24) is 20.2 Å². The Hall–Kier alpha value is -4.74. The fraction of sp³-hybridized carbons (Fsp3) is 0.379. The molecular formula is C29H33N5O7. The fourth-order valence-corrected chi connectivity index (χ4v) is 5.26. The third-order valence-electron chi connectivity index (χ3n) is 7.52.